The zero-order valence-electron chi connectivity index (χ0n) is 13.3. The molecule has 0 saturated heterocycles. The van der Waals surface area contributed by atoms with Gasteiger partial charge in [-0.2, -0.15) is 26.3 Å². The molecule has 1 aromatic carbocycles. The van der Waals surface area contributed by atoms with Gasteiger partial charge in [0.2, 0.25) is 0 Å². The van der Waals surface area contributed by atoms with Gasteiger partial charge in [0.25, 0.3) is 0 Å². The van der Waals surface area contributed by atoms with Gasteiger partial charge in [-0.3, -0.25) is 0 Å². The van der Waals surface area contributed by atoms with Crippen molar-refractivity contribution < 1.29 is 35.9 Å². The van der Waals surface area contributed by atoms with Crippen LogP contribution in [0, 0.1) is 0 Å². The number of nitrogens with zero attached hydrogens (tertiary/aromatic N) is 1. The lowest BCUT2D eigenvalue weighted by molar-refractivity contribution is -0.137. The second kappa shape index (κ2) is 7.53. The van der Waals surface area contributed by atoms with E-state index >= 15 is 0 Å². The second-order valence-electron chi connectivity index (χ2n) is 5.00. The number of hydrogen-bond acceptors (Lipinski definition) is 3. The maximum atomic E-state index is 12.8. The summed E-state index contributed by atoms with van der Waals surface area (Å²) in [5.41, 5.74) is -2.91. The first-order valence-electron chi connectivity index (χ1n) is 6.63. The lowest BCUT2D eigenvalue weighted by Crippen LogP contribution is -2.35. The van der Waals surface area contributed by atoms with E-state index in [-0.39, 0.29) is 5.75 Å². The van der Waals surface area contributed by atoms with Crippen LogP contribution >= 0.6 is 0 Å². The molecule has 5 nitrogen and oxygen atoms in total. The average Bonchev–Trinajstić information content (AvgIpc) is 2.44. The molecule has 0 spiro atoms. The molecule has 0 bridgehead atoms. The van der Waals surface area contributed by atoms with E-state index in [1.807, 2.05) is 5.32 Å². The predicted molar refractivity (Wildman–Crippen MR) is 78.0 cm³/mol. The van der Waals surface area contributed by atoms with E-state index in [4.69, 9.17) is 4.74 Å². The summed E-state index contributed by atoms with van der Waals surface area (Å²) in [5, 5.41) is 3.47. The highest BCUT2D eigenvalue weighted by Crippen LogP contribution is 2.35. The zero-order valence-corrected chi connectivity index (χ0v) is 13.3. The van der Waals surface area contributed by atoms with Gasteiger partial charge in [-0.25, -0.2) is 4.79 Å². The Labute approximate surface area is 139 Å². The molecule has 1 rings (SSSR count). The lowest BCUT2D eigenvalue weighted by atomic mass is 10.2. The average molecular weight is 371 g/mol. The minimum absolute atomic E-state index is 0.145. The van der Waals surface area contributed by atoms with Gasteiger partial charge in [0, 0.05) is 20.3 Å². The first-order valence-corrected chi connectivity index (χ1v) is 6.63. The highest BCUT2D eigenvalue weighted by molar-refractivity contribution is 5.92. The molecule has 0 aliphatic heterocycles. The minimum atomic E-state index is -4.86. The largest absolute Gasteiger partial charge is 0.495 e. The Kier molecular flexibility index (Phi) is 6.16. The predicted octanol–water partition coefficient (Wildman–Crippen LogP) is 3.80. The van der Waals surface area contributed by atoms with Crippen molar-refractivity contribution in [1.82, 2.24) is 10.2 Å². The fraction of sp³-hybridized carbons (Fsp3) is 0.357. The summed E-state index contributed by atoms with van der Waals surface area (Å²) < 4.78 is 81.5. The van der Waals surface area contributed by atoms with Crippen molar-refractivity contribution >= 4 is 11.7 Å². The molecular weight excluding hydrogens is 356 g/mol. The summed E-state index contributed by atoms with van der Waals surface area (Å²) >= 11 is 0. The molecule has 0 radical (unpaired) electrons. The van der Waals surface area contributed by atoms with Crippen LogP contribution in [0.4, 0.5) is 36.8 Å². The van der Waals surface area contributed by atoms with Crippen molar-refractivity contribution in [2.45, 2.75) is 12.4 Å². The van der Waals surface area contributed by atoms with Crippen molar-refractivity contribution in [2.24, 2.45) is 0 Å². The van der Waals surface area contributed by atoms with E-state index in [1.54, 1.807) is 5.32 Å². The van der Waals surface area contributed by atoms with E-state index in [9.17, 15) is 31.1 Å². The number of carbonyl (C=O) groups excluding carboxylic acids is 1. The molecule has 1 aromatic rings. The van der Waals surface area contributed by atoms with Gasteiger partial charge in [-0.1, -0.05) is 0 Å². The number of anilines is 1. The Morgan fingerprint density at radius 1 is 1.16 bits per heavy atom. The van der Waals surface area contributed by atoms with Gasteiger partial charge >= 0.3 is 18.4 Å². The molecule has 2 amide bonds. The van der Waals surface area contributed by atoms with Gasteiger partial charge in [-0.05, 0) is 18.2 Å². The number of methoxy groups -OCH3 is 1. The number of ether oxygens (including phenoxy) is 1. The molecule has 0 aliphatic carbocycles. The Balaban J connectivity index is 3.06. The SMILES string of the molecule is COc1ccc(C(F)(F)F)cc1NC(=O)NC(=CN(C)C)C(F)(F)F. The van der Waals surface area contributed by atoms with E-state index in [2.05, 4.69) is 0 Å². The first-order chi connectivity index (χ1) is 11.3. The third-order valence-electron chi connectivity index (χ3n) is 2.72. The highest BCUT2D eigenvalue weighted by Gasteiger charge is 2.36. The van der Waals surface area contributed by atoms with Crippen LogP contribution in [0.1, 0.15) is 5.56 Å². The Hall–Kier alpha value is -2.59. The van der Waals surface area contributed by atoms with Crippen molar-refractivity contribution in [2.75, 3.05) is 26.5 Å². The number of allylic oxidation sites excluding steroid dienone is 1. The van der Waals surface area contributed by atoms with Crippen LogP contribution < -0.4 is 15.4 Å². The molecule has 0 atom stereocenters. The third kappa shape index (κ3) is 6.08. The van der Waals surface area contributed by atoms with Gasteiger partial charge in [0.1, 0.15) is 11.4 Å². The molecule has 140 valence electrons. The van der Waals surface area contributed by atoms with Gasteiger partial charge in [0.15, 0.2) is 0 Å². The summed E-state index contributed by atoms with van der Waals surface area (Å²) in [6, 6.07) is 0.845. The Morgan fingerprint density at radius 3 is 2.20 bits per heavy atom. The monoisotopic (exact) mass is 371 g/mol. The number of carbonyl (C=O) groups is 1. The quantitative estimate of drug-likeness (QED) is 0.792. The molecule has 0 unspecified atom stereocenters. The number of rotatable bonds is 4. The van der Waals surface area contributed by atoms with E-state index in [0.717, 1.165) is 24.1 Å². The Morgan fingerprint density at radius 2 is 1.76 bits per heavy atom. The van der Waals surface area contributed by atoms with Crippen LogP contribution in [0.25, 0.3) is 0 Å². The van der Waals surface area contributed by atoms with Gasteiger partial charge in [0.05, 0.1) is 18.4 Å². The molecule has 0 aromatic heterocycles. The molecule has 0 saturated carbocycles. The van der Waals surface area contributed by atoms with Crippen LogP contribution in [0.15, 0.2) is 30.1 Å². The minimum Gasteiger partial charge on any atom is -0.495 e. The van der Waals surface area contributed by atoms with Crippen LogP contribution in [-0.2, 0) is 6.18 Å². The van der Waals surface area contributed by atoms with Gasteiger partial charge < -0.3 is 20.3 Å². The van der Waals surface area contributed by atoms with Crippen molar-refractivity contribution in [1.29, 1.82) is 0 Å². The number of hydrogen-bond donors (Lipinski definition) is 2. The molecule has 0 fully saturated rings. The molecule has 2 N–H and O–H groups in total. The number of amides is 2. The zero-order chi connectivity index (χ0) is 19.4. The summed E-state index contributed by atoms with van der Waals surface area (Å²) in [6.07, 6.45) is -8.94. The standard InChI is InChI=1S/C14H15F6N3O2/c1-23(2)7-11(14(18,19)20)22-12(24)21-9-6-8(13(15,16)17)4-5-10(9)25-3/h4-7H,1-3H3,(H2,21,22,24). The van der Waals surface area contributed by atoms with Gasteiger partial charge in [-0.15, -0.1) is 0 Å². The third-order valence-corrected chi connectivity index (χ3v) is 2.72. The van der Waals surface area contributed by atoms with Crippen LogP contribution in [0.5, 0.6) is 5.75 Å². The number of urea groups is 1. The summed E-state index contributed by atoms with van der Waals surface area (Å²) in [4.78, 5) is 12.8. The molecule has 25 heavy (non-hydrogen) atoms. The maximum absolute atomic E-state index is 12.8. The van der Waals surface area contributed by atoms with E-state index in [0.29, 0.717) is 12.3 Å². The fourth-order valence-electron chi connectivity index (χ4n) is 1.69. The van der Waals surface area contributed by atoms with E-state index in [1.165, 1.54) is 14.1 Å². The number of benzene rings is 1. The van der Waals surface area contributed by atoms with Crippen LogP contribution in [0.2, 0.25) is 0 Å². The number of halogens is 6. The summed E-state index contributed by atoms with van der Waals surface area (Å²) in [5.74, 6) is -0.145. The van der Waals surface area contributed by atoms with Crippen LogP contribution in [0.3, 0.4) is 0 Å². The first kappa shape index (κ1) is 20.5. The topological polar surface area (TPSA) is 53.6 Å². The number of nitrogens with one attached hydrogen (secondary N) is 2. The fourth-order valence-corrected chi connectivity index (χ4v) is 1.69. The maximum Gasteiger partial charge on any atom is 0.432 e. The Bertz CT molecular complexity index is 653. The van der Waals surface area contributed by atoms with Crippen molar-refractivity contribution in [3.63, 3.8) is 0 Å². The highest BCUT2D eigenvalue weighted by atomic mass is 19.4. The van der Waals surface area contributed by atoms with Crippen LogP contribution in [-0.4, -0.2) is 38.3 Å². The van der Waals surface area contributed by atoms with Crippen molar-refractivity contribution in [3.8, 4) is 5.75 Å². The normalized spacial score (nSPS) is 12.6. The molecular formula is C14H15F6N3O2. The van der Waals surface area contributed by atoms with Crippen molar-refractivity contribution in [3.05, 3.63) is 35.7 Å². The summed E-state index contributed by atoms with van der Waals surface area (Å²) in [6.45, 7) is 0. The van der Waals surface area contributed by atoms with E-state index < -0.39 is 35.3 Å². The molecule has 0 heterocycles. The summed E-state index contributed by atoms with van der Waals surface area (Å²) in [7, 11) is 3.75. The molecule has 0 aliphatic rings. The second-order valence-corrected chi connectivity index (χ2v) is 5.00. The lowest BCUT2D eigenvalue weighted by Gasteiger charge is -2.18. The molecule has 11 heteroatoms. The number of alkyl halides is 6. The smallest absolute Gasteiger partial charge is 0.432 e.